The van der Waals surface area contributed by atoms with Gasteiger partial charge in [0, 0.05) is 43.0 Å². The largest absolute Gasteiger partial charge is 0.330 e. The van der Waals surface area contributed by atoms with Crippen LogP contribution in [0.2, 0.25) is 0 Å². The molecule has 158 valence electrons. The van der Waals surface area contributed by atoms with Crippen LogP contribution in [0.3, 0.4) is 0 Å². The van der Waals surface area contributed by atoms with Crippen molar-refractivity contribution in [3.63, 3.8) is 0 Å². The van der Waals surface area contributed by atoms with E-state index in [1.165, 1.54) is 34.3 Å². The van der Waals surface area contributed by atoms with E-state index >= 15 is 0 Å². The number of rotatable bonds is 5. The molecule has 0 saturated carbocycles. The predicted octanol–water partition coefficient (Wildman–Crippen LogP) is 2.46. The molecule has 0 N–H and O–H groups in total. The van der Waals surface area contributed by atoms with Gasteiger partial charge < -0.3 is 0 Å². The van der Waals surface area contributed by atoms with Crippen molar-refractivity contribution in [1.29, 1.82) is 0 Å². The second-order valence-electron chi connectivity index (χ2n) is 7.79. The zero-order chi connectivity index (χ0) is 21.6. The Hall–Kier alpha value is -2.39. The van der Waals surface area contributed by atoms with Crippen molar-refractivity contribution < 1.29 is 0 Å². The number of aromatic nitrogens is 4. The lowest BCUT2D eigenvalue weighted by Gasteiger charge is -2.17. The molecule has 1 aliphatic carbocycles. The highest BCUT2D eigenvalue weighted by Crippen LogP contribution is 2.36. The van der Waals surface area contributed by atoms with E-state index < -0.39 is 0 Å². The average molecular weight is 445 g/mol. The Balaban J connectivity index is 1.78. The van der Waals surface area contributed by atoms with E-state index in [2.05, 4.69) is 13.5 Å². The Labute approximate surface area is 181 Å². The van der Waals surface area contributed by atoms with E-state index in [9.17, 15) is 14.4 Å². The summed E-state index contributed by atoms with van der Waals surface area (Å²) in [6.07, 6.45) is 4.69. The molecule has 7 nitrogen and oxygen atoms in total. The molecular weight excluding hydrogens is 420 g/mol. The van der Waals surface area contributed by atoms with Crippen molar-refractivity contribution in [2.75, 3.05) is 0 Å². The van der Waals surface area contributed by atoms with Gasteiger partial charge in [-0.2, -0.15) is 0 Å². The maximum atomic E-state index is 13.3. The minimum absolute atomic E-state index is 0.0349. The molecule has 0 aliphatic heterocycles. The summed E-state index contributed by atoms with van der Waals surface area (Å²) < 4.78 is 4.17. The Morgan fingerprint density at radius 2 is 2.07 bits per heavy atom. The fraction of sp³-hybridized carbons (Fsp3) is 0.429. The molecule has 0 saturated heterocycles. The van der Waals surface area contributed by atoms with Crippen LogP contribution in [0.1, 0.15) is 29.5 Å². The van der Waals surface area contributed by atoms with Crippen molar-refractivity contribution in [2.24, 2.45) is 20.0 Å². The predicted molar refractivity (Wildman–Crippen MR) is 122 cm³/mol. The van der Waals surface area contributed by atoms with Crippen LogP contribution in [0.5, 0.6) is 0 Å². The summed E-state index contributed by atoms with van der Waals surface area (Å²) in [5.74, 6) is 0.982. The Morgan fingerprint density at radius 3 is 2.80 bits per heavy atom. The molecule has 30 heavy (non-hydrogen) atoms. The highest BCUT2D eigenvalue weighted by molar-refractivity contribution is 7.98. The second kappa shape index (κ2) is 8.03. The first-order chi connectivity index (χ1) is 14.3. The highest BCUT2D eigenvalue weighted by Gasteiger charge is 2.24. The summed E-state index contributed by atoms with van der Waals surface area (Å²) in [7, 11) is 3.10. The number of allylic oxidation sites excluding steroid dienone is 1. The lowest BCUT2D eigenvalue weighted by Crippen LogP contribution is -2.37. The van der Waals surface area contributed by atoms with Gasteiger partial charge in [0.1, 0.15) is 4.83 Å². The van der Waals surface area contributed by atoms with Crippen molar-refractivity contribution >= 4 is 33.3 Å². The summed E-state index contributed by atoms with van der Waals surface area (Å²) in [4.78, 5) is 44.4. The zero-order valence-electron chi connectivity index (χ0n) is 17.3. The molecular formula is C21H24N4O3S2. The molecule has 0 spiro atoms. The molecule has 0 bridgehead atoms. The van der Waals surface area contributed by atoms with Crippen LogP contribution in [-0.4, -0.2) is 18.7 Å². The fourth-order valence-corrected chi connectivity index (χ4v) is 6.31. The van der Waals surface area contributed by atoms with Gasteiger partial charge in [-0.15, -0.1) is 17.9 Å². The molecule has 3 heterocycles. The standard InChI is InChI=1S/C21H24N4O3S2/c1-5-8-25-19(27)17-14-7-6-12(2)9-15(14)30-18(17)22-20(25)29-11-13-10-16(26)24(4)21(28)23(13)3/h5,10,12H,1,6-9,11H2,2-4H3. The van der Waals surface area contributed by atoms with Crippen LogP contribution in [-0.2, 0) is 39.2 Å². The van der Waals surface area contributed by atoms with Gasteiger partial charge in [0.2, 0.25) is 0 Å². The molecule has 1 unspecified atom stereocenters. The van der Waals surface area contributed by atoms with Crippen molar-refractivity contribution in [3.05, 3.63) is 66.0 Å². The molecule has 1 aliphatic rings. The van der Waals surface area contributed by atoms with E-state index in [1.54, 1.807) is 29.0 Å². The SMILES string of the molecule is C=CCn1c(SCc2cc(=O)n(C)c(=O)n2C)nc2sc3c(c2c1=O)CCC(C)C3. The lowest BCUT2D eigenvalue weighted by molar-refractivity contribution is 0.509. The summed E-state index contributed by atoms with van der Waals surface area (Å²) in [6.45, 7) is 6.39. The first-order valence-corrected chi connectivity index (χ1v) is 11.7. The molecule has 1 atom stereocenters. The second-order valence-corrected chi connectivity index (χ2v) is 9.82. The van der Waals surface area contributed by atoms with Gasteiger partial charge in [-0.25, -0.2) is 9.78 Å². The lowest BCUT2D eigenvalue weighted by atomic mass is 9.89. The van der Waals surface area contributed by atoms with Gasteiger partial charge in [0.05, 0.1) is 5.39 Å². The topological polar surface area (TPSA) is 78.9 Å². The molecule has 0 aromatic carbocycles. The molecule has 0 fully saturated rings. The number of nitrogens with zero attached hydrogens (tertiary/aromatic N) is 4. The number of thioether (sulfide) groups is 1. The summed E-state index contributed by atoms with van der Waals surface area (Å²) in [6, 6.07) is 1.45. The first kappa shape index (κ1) is 20.9. The first-order valence-electron chi connectivity index (χ1n) is 9.86. The monoisotopic (exact) mass is 444 g/mol. The molecule has 0 radical (unpaired) electrons. The third-order valence-electron chi connectivity index (χ3n) is 5.67. The molecule has 4 rings (SSSR count). The van der Waals surface area contributed by atoms with Crippen molar-refractivity contribution in [1.82, 2.24) is 18.7 Å². The van der Waals surface area contributed by atoms with E-state index in [1.807, 2.05) is 0 Å². The number of fused-ring (bicyclic) bond motifs is 3. The van der Waals surface area contributed by atoms with Crippen LogP contribution in [0.4, 0.5) is 0 Å². The third-order valence-corrected chi connectivity index (χ3v) is 7.82. The van der Waals surface area contributed by atoms with Crippen LogP contribution in [0.25, 0.3) is 10.2 Å². The number of hydrogen-bond acceptors (Lipinski definition) is 6. The van der Waals surface area contributed by atoms with Gasteiger partial charge in [-0.05, 0) is 30.7 Å². The molecule has 3 aromatic rings. The minimum Gasteiger partial charge on any atom is -0.300 e. The minimum atomic E-state index is -0.370. The van der Waals surface area contributed by atoms with Gasteiger partial charge in [-0.3, -0.25) is 23.3 Å². The van der Waals surface area contributed by atoms with E-state index in [0.717, 1.165) is 39.6 Å². The van der Waals surface area contributed by atoms with E-state index in [4.69, 9.17) is 4.98 Å². The van der Waals surface area contributed by atoms with Crippen LogP contribution >= 0.6 is 23.1 Å². The Kier molecular flexibility index (Phi) is 5.59. The molecule has 3 aromatic heterocycles. The van der Waals surface area contributed by atoms with Crippen molar-refractivity contribution in [2.45, 2.75) is 43.6 Å². The summed E-state index contributed by atoms with van der Waals surface area (Å²) in [5, 5.41) is 1.32. The van der Waals surface area contributed by atoms with Gasteiger partial charge >= 0.3 is 5.69 Å². The van der Waals surface area contributed by atoms with Gasteiger partial charge in [-0.1, -0.05) is 24.8 Å². The maximum absolute atomic E-state index is 13.3. The van der Waals surface area contributed by atoms with Gasteiger partial charge in [0.25, 0.3) is 11.1 Å². The number of hydrogen-bond donors (Lipinski definition) is 0. The Bertz CT molecular complexity index is 1330. The van der Waals surface area contributed by atoms with Crippen molar-refractivity contribution in [3.8, 4) is 0 Å². The summed E-state index contributed by atoms with van der Waals surface area (Å²) in [5.41, 5.74) is 0.999. The zero-order valence-corrected chi connectivity index (χ0v) is 18.9. The fourth-order valence-electron chi connectivity index (χ4n) is 3.86. The normalized spacial score (nSPS) is 16.0. The van der Waals surface area contributed by atoms with Crippen LogP contribution in [0, 0.1) is 5.92 Å². The Morgan fingerprint density at radius 1 is 1.30 bits per heavy atom. The molecule has 9 heteroatoms. The summed E-state index contributed by atoms with van der Waals surface area (Å²) >= 11 is 2.97. The number of aryl methyl sites for hydroxylation is 1. The highest BCUT2D eigenvalue weighted by atomic mass is 32.2. The van der Waals surface area contributed by atoms with E-state index in [-0.39, 0.29) is 16.8 Å². The quantitative estimate of drug-likeness (QED) is 0.343. The molecule has 0 amide bonds. The smallest absolute Gasteiger partial charge is 0.300 e. The van der Waals surface area contributed by atoms with Crippen LogP contribution < -0.4 is 16.8 Å². The number of thiophene rings is 1. The average Bonchev–Trinajstić information content (AvgIpc) is 3.08. The van der Waals surface area contributed by atoms with Crippen LogP contribution in [0.15, 0.2) is 38.3 Å². The maximum Gasteiger partial charge on any atom is 0.330 e. The third kappa shape index (κ3) is 3.50. The van der Waals surface area contributed by atoms with E-state index in [0.29, 0.717) is 29.1 Å². The van der Waals surface area contributed by atoms with Gasteiger partial charge in [0.15, 0.2) is 5.16 Å².